The summed E-state index contributed by atoms with van der Waals surface area (Å²) in [6.07, 6.45) is 0. The van der Waals surface area contributed by atoms with Crippen molar-refractivity contribution in [1.29, 1.82) is 0 Å². The molecule has 4 N–H and O–H groups in total. The molecule has 0 amide bonds. The number of hydrogen-bond acceptors (Lipinski definition) is 3. The maximum absolute atomic E-state index is 8.88. The van der Waals surface area contributed by atoms with Crippen LogP contribution in [0.3, 0.4) is 0 Å². The fourth-order valence-electron chi connectivity index (χ4n) is 0.621. The molecular weight excluding hydrogens is 152 g/mol. The van der Waals surface area contributed by atoms with Crippen molar-refractivity contribution < 1.29 is 5.11 Å². The molecule has 3 nitrogen and oxygen atoms in total. The lowest BCUT2D eigenvalue weighted by atomic mass is 10.3. The first-order chi connectivity index (χ1) is 4.74. The van der Waals surface area contributed by atoms with Gasteiger partial charge >= 0.3 is 0 Å². The molecule has 1 aromatic carbocycles. The molecule has 0 atom stereocenters. The largest absolute Gasteiger partial charge is 0.508 e. The highest BCUT2D eigenvalue weighted by Crippen LogP contribution is 2.24. The standard InChI is InChI=1S/C6H7ClN2O/c7-5-3-4(10)1-2-6(5)9-8/h1-3,9-10H,8H2. The van der Waals surface area contributed by atoms with Crippen LogP contribution in [0.1, 0.15) is 0 Å². The number of rotatable bonds is 1. The molecule has 0 saturated carbocycles. The Morgan fingerprint density at radius 1 is 1.50 bits per heavy atom. The smallest absolute Gasteiger partial charge is 0.117 e. The second-order valence-corrected chi connectivity index (χ2v) is 2.22. The molecule has 0 aliphatic rings. The summed E-state index contributed by atoms with van der Waals surface area (Å²) in [5.41, 5.74) is 2.98. The SMILES string of the molecule is NNc1ccc(O)cc1Cl. The zero-order valence-electron chi connectivity index (χ0n) is 5.13. The molecule has 1 rings (SSSR count). The molecule has 0 spiro atoms. The molecule has 4 heteroatoms. The monoisotopic (exact) mass is 158 g/mol. The number of benzene rings is 1. The number of halogens is 1. The molecule has 54 valence electrons. The van der Waals surface area contributed by atoms with Crippen LogP contribution in [-0.2, 0) is 0 Å². The summed E-state index contributed by atoms with van der Waals surface area (Å²) in [5, 5.41) is 9.29. The summed E-state index contributed by atoms with van der Waals surface area (Å²) in [7, 11) is 0. The average molecular weight is 159 g/mol. The molecule has 0 bridgehead atoms. The fraction of sp³-hybridized carbons (Fsp3) is 0. The summed E-state index contributed by atoms with van der Waals surface area (Å²) in [6, 6.07) is 4.51. The predicted octanol–water partition coefficient (Wildman–Crippen LogP) is 1.33. The van der Waals surface area contributed by atoms with Gasteiger partial charge in [0.05, 0.1) is 10.7 Å². The number of nitrogens with two attached hydrogens (primary N) is 1. The van der Waals surface area contributed by atoms with E-state index in [1.807, 2.05) is 0 Å². The third-order valence-electron chi connectivity index (χ3n) is 1.11. The number of phenols is 1. The van der Waals surface area contributed by atoms with E-state index in [4.69, 9.17) is 22.6 Å². The summed E-state index contributed by atoms with van der Waals surface area (Å²) < 4.78 is 0. The minimum absolute atomic E-state index is 0.129. The van der Waals surface area contributed by atoms with Gasteiger partial charge in [0.15, 0.2) is 0 Å². The van der Waals surface area contributed by atoms with Gasteiger partial charge in [-0.1, -0.05) is 11.6 Å². The number of hydrazine groups is 1. The Bertz CT molecular complexity index is 239. The van der Waals surface area contributed by atoms with Gasteiger partial charge in [0.2, 0.25) is 0 Å². The lowest BCUT2D eigenvalue weighted by Crippen LogP contribution is -2.06. The minimum atomic E-state index is 0.129. The zero-order valence-corrected chi connectivity index (χ0v) is 5.89. The highest BCUT2D eigenvalue weighted by atomic mass is 35.5. The van der Waals surface area contributed by atoms with Crippen molar-refractivity contribution in [2.24, 2.45) is 5.84 Å². The molecule has 0 fully saturated rings. The molecule has 0 saturated heterocycles. The second-order valence-electron chi connectivity index (χ2n) is 1.81. The van der Waals surface area contributed by atoms with E-state index in [1.165, 1.54) is 12.1 Å². The van der Waals surface area contributed by atoms with Gasteiger partial charge in [-0.25, -0.2) is 0 Å². The van der Waals surface area contributed by atoms with Crippen LogP contribution in [0, 0.1) is 0 Å². The number of anilines is 1. The molecule has 0 aliphatic carbocycles. The van der Waals surface area contributed by atoms with Gasteiger partial charge in [0, 0.05) is 6.07 Å². The van der Waals surface area contributed by atoms with E-state index in [2.05, 4.69) is 5.43 Å². The van der Waals surface area contributed by atoms with Crippen molar-refractivity contribution in [3.63, 3.8) is 0 Å². The third-order valence-corrected chi connectivity index (χ3v) is 1.42. The Morgan fingerprint density at radius 3 is 2.70 bits per heavy atom. The van der Waals surface area contributed by atoms with Gasteiger partial charge in [-0.2, -0.15) is 0 Å². The van der Waals surface area contributed by atoms with Crippen LogP contribution in [0.15, 0.2) is 18.2 Å². The van der Waals surface area contributed by atoms with Gasteiger partial charge in [0.1, 0.15) is 5.75 Å². The van der Waals surface area contributed by atoms with E-state index in [0.717, 1.165) is 0 Å². The first-order valence-corrected chi connectivity index (χ1v) is 3.07. The summed E-state index contributed by atoms with van der Waals surface area (Å²) in [4.78, 5) is 0. The molecule has 0 radical (unpaired) electrons. The van der Waals surface area contributed by atoms with Crippen LogP contribution in [0.4, 0.5) is 5.69 Å². The molecule has 10 heavy (non-hydrogen) atoms. The minimum Gasteiger partial charge on any atom is -0.508 e. The number of aromatic hydroxyl groups is 1. The maximum atomic E-state index is 8.88. The van der Waals surface area contributed by atoms with Gasteiger partial charge in [-0.05, 0) is 12.1 Å². The zero-order chi connectivity index (χ0) is 7.56. The van der Waals surface area contributed by atoms with Crippen molar-refractivity contribution >= 4 is 17.3 Å². The summed E-state index contributed by atoms with van der Waals surface area (Å²) in [6.45, 7) is 0. The Hall–Kier alpha value is -0.930. The predicted molar refractivity (Wildman–Crippen MR) is 40.9 cm³/mol. The Morgan fingerprint density at radius 2 is 2.20 bits per heavy atom. The summed E-state index contributed by atoms with van der Waals surface area (Å²) in [5.74, 6) is 5.21. The van der Waals surface area contributed by atoms with Gasteiger partial charge in [0.25, 0.3) is 0 Å². The Balaban J connectivity index is 3.07. The first kappa shape index (κ1) is 7.18. The number of phenolic OH excluding ortho intramolecular Hbond substituents is 1. The van der Waals surface area contributed by atoms with E-state index in [9.17, 15) is 0 Å². The normalized spacial score (nSPS) is 9.40. The Labute approximate surface area is 63.4 Å². The average Bonchev–Trinajstić information content (AvgIpc) is 1.88. The van der Waals surface area contributed by atoms with Gasteiger partial charge < -0.3 is 10.5 Å². The topological polar surface area (TPSA) is 58.3 Å². The highest BCUT2D eigenvalue weighted by molar-refractivity contribution is 6.33. The van der Waals surface area contributed by atoms with Crippen LogP contribution in [0.5, 0.6) is 5.75 Å². The fourth-order valence-corrected chi connectivity index (χ4v) is 0.850. The van der Waals surface area contributed by atoms with Crippen LogP contribution in [0.2, 0.25) is 5.02 Å². The lowest BCUT2D eigenvalue weighted by molar-refractivity contribution is 0.475. The van der Waals surface area contributed by atoms with Gasteiger partial charge in [-0.3, -0.25) is 5.84 Å². The van der Waals surface area contributed by atoms with Crippen LogP contribution in [-0.4, -0.2) is 5.11 Å². The number of hydrogen-bond donors (Lipinski definition) is 3. The number of nitrogens with one attached hydrogen (secondary N) is 1. The van der Waals surface area contributed by atoms with Crippen molar-refractivity contribution in [3.8, 4) is 5.75 Å². The molecule has 0 heterocycles. The van der Waals surface area contributed by atoms with E-state index in [-0.39, 0.29) is 5.75 Å². The van der Waals surface area contributed by atoms with Crippen molar-refractivity contribution in [3.05, 3.63) is 23.2 Å². The van der Waals surface area contributed by atoms with Crippen LogP contribution < -0.4 is 11.3 Å². The van der Waals surface area contributed by atoms with Crippen LogP contribution in [0.25, 0.3) is 0 Å². The van der Waals surface area contributed by atoms with Gasteiger partial charge in [-0.15, -0.1) is 0 Å². The third kappa shape index (κ3) is 1.32. The maximum Gasteiger partial charge on any atom is 0.117 e. The second kappa shape index (κ2) is 2.77. The van der Waals surface area contributed by atoms with E-state index >= 15 is 0 Å². The molecule has 0 aliphatic heterocycles. The van der Waals surface area contributed by atoms with E-state index < -0.39 is 0 Å². The lowest BCUT2D eigenvalue weighted by Gasteiger charge is -2.01. The highest BCUT2D eigenvalue weighted by Gasteiger charge is 1.97. The molecular formula is C6H7ClN2O. The summed E-state index contributed by atoms with van der Waals surface area (Å²) >= 11 is 5.63. The molecule has 0 unspecified atom stereocenters. The first-order valence-electron chi connectivity index (χ1n) is 2.69. The number of nitrogen functional groups attached to an aromatic ring is 1. The van der Waals surface area contributed by atoms with E-state index in [0.29, 0.717) is 10.7 Å². The molecule has 1 aromatic rings. The Kier molecular flexibility index (Phi) is 1.99. The van der Waals surface area contributed by atoms with Crippen molar-refractivity contribution in [2.45, 2.75) is 0 Å². The van der Waals surface area contributed by atoms with Crippen molar-refractivity contribution in [1.82, 2.24) is 0 Å². The quantitative estimate of drug-likeness (QED) is 0.328. The van der Waals surface area contributed by atoms with Crippen molar-refractivity contribution in [2.75, 3.05) is 5.43 Å². The van der Waals surface area contributed by atoms with E-state index in [1.54, 1.807) is 6.07 Å². The molecule has 0 aromatic heterocycles. The van der Waals surface area contributed by atoms with Crippen LogP contribution >= 0.6 is 11.6 Å².